The van der Waals surface area contributed by atoms with Gasteiger partial charge in [0, 0.05) is 5.92 Å². The molecule has 0 saturated carbocycles. The molecule has 1 fully saturated rings. The number of carbonyl (C=O) groups excluding carboxylic acids is 2. The highest BCUT2D eigenvalue weighted by molar-refractivity contribution is 5.82. The first-order chi connectivity index (χ1) is 16.7. The zero-order valence-electron chi connectivity index (χ0n) is 22.3. The topological polar surface area (TPSA) is 65.1 Å². The Kier molecular flexibility index (Phi) is 11.8. The van der Waals surface area contributed by atoms with Crippen LogP contribution in [0.25, 0.3) is 0 Å². The lowest BCUT2D eigenvalue weighted by atomic mass is 9.89. The summed E-state index contributed by atoms with van der Waals surface area (Å²) in [5, 5.41) is 0. The second kappa shape index (κ2) is 14.3. The summed E-state index contributed by atoms with van der Waals surface area (Å²) in [6.45, 7) is 14.0. The fraction of sp³-hybridized carbons (Fsp3) is 0.655. The van der Waals surface area contributed by atoms with Gasteiger partial charge in [-0.25, -0.2) is 9.59 Å². The van der Waals surface area contributed by atoms with Crippen LogP contribution in [0.1, 0.15) is 85.1 Å². The predicted octanol–water partition coefficient (Wildman–Crippen LogP) is 6.88. The quantitative estimate of drug-likeness (QED) is 0.163. The largest absolute Gasteiger partial charge is 0.460 e. The molecule has 1 amide bonds. The predicted molar refractivity (Wildman–Crippen MR) is 139 cm³/mol. The zero-order valence-corrected chi connectivity index (χ0v) is 22.3. The van der Waals surface area contributed by atoms with Crippen LogP contribution in [0.2, 0.25) is 0 Å². The average Bonchev–Trinajstić information content (AvgIpc) is 3.18. The van der Waals surface area contributed by atoms with Crippen LogP contribution in [0, 0.1) is 11.8 Å². The Hall–Kier alpha value is -2.34. The van der Waals surface area contributed by atoms with Gasteiger partial charge in [-0.05, 0) is 31.7 Å². The molecule has 35 heavy (non-hydrogen) atoms. The standard InChI is InChI=1S/C29H45NO5/c1-7-9-10-11-12-14-17-23(4)26(22(3)8-2)35-27(31)25-21-34-29(5,6)30(25)28(32)33-20-24-18-15-13-16-19-24/h8,13,15-16,18-19,22-23,25-26H,2,7,9-12,14,17,20-21H2,1,3-6H3/t22-,23-,25+,26-/m1/s1. The molecule has 196 valence electrons. The highest BCUT2D eigenvalue weighted by atomic mass is 16.6. The Morgan fingerprint density at radius 1 is 1.14 bits per heavy atom. The van der Waals surface area contributed by atoms with Gasteiger partial charge < -0.3 is 14.2 Å². The molecule has 1 aliphatic rings. The van der Waals surface area contributed by atoms with Gasteiger partial charge in [-0.3, -0.25) is 4.90 Å². The van der Waals surface area contributed by atoms with Gasteiger partial charge in [0.05, 0.1) is 6.61 Å². The first-order valence-electron chi connectivity index (χ1n) is 13.2. The van der Waals surface area contributed by atoms with Crippen LogP contribution < -0.4 is 0 Å². The van der Waals surface area contributed by atoms with Crippen molar-refractivity contribution < 1.29 is 23.8 Å². The molecule has 0 unspecified atom stereocenters. The maximum Gasteiger partial charge on any atom is 0.413 e. The monoisotopic (exact) mass is 487 g/mol. The molecular formula is C29H45NO5. The molecule has 0 bridgehead atoms. The van der Waals surface area contributed by atoms with Crippen LogP contribution in [-0.4, -0.2) is 41.4 Å². The van der Waals surface area contributed by atoms with E-state index in [2.05, 4.69) is 20.4 Å². The number of hydrogen-bond donors (Lipinski definition) is 0. The molecule has 1 heterocycles. The SMILES string of the molecule is C=C[C@@H](C)[C@@H](OC(=O)[C@@H]1COC(C)(C)N1C(=O)OCc1ccccc1)[C@H](C)CCCCCCCC. The normalized spacial score (nSPS) is 19.6. The molecule has 2 rings (SSSR count). The van der Waals surface area contributed by atoms with Crippen molar-refractivity contribution >= 4 is 12.1 Å². The van der Waals surface area contributed by atoms with E-state index in [0.717, 1.165) is 18.4 Å². The summed E-state index contributed by atoms with van der Waals surface area (Å²) < 4.78 is 17.4. The highest BCUT2D eigenvalue weighted by Crippen LogP contribution is 2.31. The van der Waals surface area contributed by atoms with Crippen LogP contribution in [0.3, 0.4) is 0 Å². The summed E-state index contributed by atoms with van der Waals surface area (Å²) in [4.78, 5) is 27.7. The maximum atomic E-state index is 13.3. The molecule has 4 atom stereocenters. The van der Waals surface area contributed by atoms with Gasteiger partial charge in [0.15, 0.2) is 6.04 Å². The first-order valence-corrected chi connectivity index (χ1v) is 13.2. The molecule has 0 aromatic heterocycles. The third-order valence-electron chi connectivity index (χ3n) is 6.88. The Labute approximate surface area is 212 Å². The van der Waals surface area contributed by atoms with Crippen LogP contribution in [0.5, 0.6) is 0 Å². The molecule has 0 aliphatic carbocycles. The van der Waals surface area contributed by atoms with Gasteiger partial charge in [-0.15, -0.1) is 6.58 Å². The molecule has 1 aliphatic heterocycles. The Morgan fingerprint density at radius 2 is 1.80 bits per heavy atom. The third-order valence-corrected chi connectivity index (χ3v) is 6.88. The lowest BCUT2D eigenvalue weighted by Crippen LogP contribution is -2.52. The first kappa shape index (κ1) is 28.9. The molecule has 6 heteroatoms. The Balaban J connectivity index is 2.01. The van der Waals surface area contributed by atoms with Crippen molar-refractivity contribution in [2.75, 3.05) is 6.61 Å². The summed E-state index contributed by atoms with van der Waals surface area (Å²) in [6.07, 6.45) is 9.27. The van der Waals surface area contributed by atoms with E-state index < -0.39 is 23.8 Å². The number of esters is 1. The van der Waals surface area contributed by atoms with Gasteiger partial charge in [-0.2, -0.15) is 0 Å². The van der Waals surface area contributed by atoms with Crippen molar-refractivity contribution in [1.82, 2.24) is 4.90 Å². The highest BCUT2D eigenvalue weighted by Gasteiger charge is 2.49. The number of unbranched alkanes of at least 4 members (excludes halogenated alkanes) is 5. The van der Waals surface area contributed by atoms with Gasteiger partial charge in [0.1, 0.15) is 18.4 Å². The lowest BCUT2D eigenvalue weighted by Gasteiger charge is -2.33. The second-order valence-electron chi connectivity index (χ2n) is 10.2. The molecular weight excluding hydrogens is 442 g/mol. The van der Waals surface area contributed by atoms with E-state index in [-0.39, 0.29) is 31.2 Å². The molecule has 0 N–H and O–H groups in total. The fourth-order valence-corrected chi connectivity index (χ4v) is 4.61. The smallest absolute Gasteiger partial charge is 0.413 e. The molecule has 1 aromatic rings. The number of carbonyl (C=O) groups is 2. The van der Waals surface area contributed by atoms with E-state index in [4.69, 9.17) is 14.2 Å². The number of benzene rings is 1. The summed E-state index contributed by atoms with van der Waals surface area (Å²) in [5.41, 5.74) is -0.0949. The van der Waals surface area contributed by atoms with Crippen LogP contribution >= 0.6 is 0 Å². The van der Waals surface area contributed by atoms with E-state index in [1.165, 1.54) is 37.0 Å². The second-order valence-corrected chi connectivity index (χ2v) is 10.2. The summed E-state index contributed by atoms with van der Waals surface area (Å²) in [5.74, 6) is -0.268. The average molecular weight is 488 g/mol. The van der Waals surface area contributed by atoms with E-state index in [9.17, 15) is 9.59 Å². The van der Waals surface area contributed by atoms with Crippen LogP contribution in [0.15, 0.2) is 43.0 Å². The van der Waals surface area contributed by atoms with E-state index in [0.29, 0.717) is 0 Å². The van der Waals surface area contributed by atoms with Gasteiger partial charge >= 0.3 is 12.1 Å². The minimum atomic E-state index is -0.971. The minimum absolute atomic E-state index is 0.00264. The van der Waals surface area contributed by atoms with Crippen molar-refractivity contribution in [3.63, 3.8) is 0 Å². The number of rotatable bonds is 14. The van der Waals surface area contributed by atoms with Crippen LogP contribution in [0.4, 0.5) is 4.79 Å². The fourth-order valence-electron chi connectivity index (χ4n) is 4.61. The van der Waals surface area contributed by atoms with E-state index in [1.807, 2.05) is 43.3 Å². The summed E-state index contributed by atoms with van der Waals surface area (Å²) in [7, 11) is 0. The lowest BCUT2D eigenvalue weighted by molar-refractivity contribution is -0.159. The molecule has 1 saturated heterocycles. The molecule has 1 aromatic carbocycles. The summed E-state index contributed by atoms with van der Waals surface area (Å²) >= 11 is 0. The van der Waals surface area contributed by atoms with Crippen molar-refractivity contribution in [1.29, 1.82) is 0 Å². The number of hydrogen-bond acceptors (Lipinski definition) is 5. The van der Waals surface area contributed by atoms with E-state index in [1.54, 1.807) is 13.8 Å². The van der Waals surface area contributed by atoms with Crippen molar-refractivity contribution in [3.8, 4) is 0 Å². The number of nitrogens with zero attached hydrogens (tertiary/aromatic N) is 1. The van der Waals surface area contributed by atoms with Crippen LogP contribution in [-0.2, 0) is 25.6 Å². The van der Waals surface area contributed by atoms with Crippen molar-refractivity contribution in [2.45, 2.75) is 104 Å². The van der Waals surface area contributed by atoms with Crippen molar-refractivity contribution in [3.05, 3.63) is 48.6 Å². The number of amides is 1. The Bertz CT molecular complexity index is 794. The Morgan fingerprint density at radius 3 is 2.46 bits per heavy atom. The summed E-state index contributed by atoms with van der Waals surface area (Å²) in [6, 6.07) is 8.60. The maximum absolute atomic E-state index is 13.3. The van der Waals surface area contributed by atoms with Gasteiger partial charge in [0.25, 0.3) is 0 Å². The molecule has 0 radical (unpaired) electrons. The molecule has 0 spiro atoms. The van der Waals surface area contributed by atoms with Gasteiger partial charge in [-0.1, -0.05) is 95.7 Å². The van der Waals surface area contributed by atoms with Gasteiger partial charge in [0.2, 0.25) is 0 Å². The van der Waals surface area contributed by atoms with Crippen molar-refractivity contribution in [2.24, 2.45) is 11.8 Å². The molecule has 6 nitrogen and oxygen atoms in total. The van der Waals surface area contributed by atoms with E-state index >= 15 is 0 Å². The minimum Gasteiger partial charge on any atom is -0.460 e. The third kappa shape index (κ3) is 8.68. The number of ether oxygens (including phenoxy) is 3. The zero-order chi connectivity index (χ0) is 25.8.